The summed E-state index contributed by atoms with van der Waals surface area (Å²) in [5.41, 5.74) is 1.80. The monoisotopic (exact) mass is 1690 g/mol. The first-order valence-electron chi connectivity index (χ1n) is 53.1. The third kappa shape index (κ3) is 67.1. The number of allylic oxidation sites excluding steroid dienone is 10. The number of hydrogen-bond acceptors (Lipinski definition) is 11. The lowest BCUT2D eigenvalue weighted by Gasteiger charge is -2.46. The fraction of sp³-hybridized carbons (Fsp3) is 0.898. The van der Waals surface area contributed by atoms with Crippen molar-refractivity contribution in [1.29, 1.82) is 0 Å². The molecule has 0 aromatic carbocycles. The summed E-state index contributed by atoms with van der Waals surface area (Å²) in [6, 6.07) is 0. The summed E-state index contributed by atoms with van der Waals surface area (Å²) in [5, 5.41) is 51.4. The number of carboxylic acid groups (broad SMARTS) is 1. The molecule has 0 fully saturated rings. The molecule has 0 saturated heterocycles. The number of carboxylic acids is 1. The first kappa shape index (κ1) is 116. The highest BCUT2D eigenvalue weighted by Crippen LogP contribution is 2.50. The van der Waals surface area contributed by atoms with Crippen LogP contribution in [0.1, 0.15) is 523 Å². The largest absolute Gasteiger partial charge is 0.481 e. The second-order valence-electron chi connectivity index (χ2n) is 38.0. The van der Waals surface area contributed by atoms with Gasteiger partial charge in [0, 0.05) is 6.42 Å². The smallest absolute Gasteiger partial charge is 0.303 e. The molecule has 11 atom stereocenters. The molecule has 0 radical (unpaired) electrons. The Morgan fingerprint density at radius 3 is 0.917 bits per heavy atom. The summed E-state index contributed by atoms with van der Waals surface area (Å²) in [7, 11) is 0. The van der Waals surface area contributed by atoms with E-state index in [0.29, 0.717) is 51.3 Å². The lowest BCUT2D eigenvalue weighted by molar-refractivity contribution is -0.242. The average molecular weight is 1690 g/mol. The van der Waals surface area contributed by atoms with Crippen molar-refractivity contribution in [3.63, 3.8) is 0 Å². The van der Waals surface area contributed by atoms with Crippen LogP contribution in [0.3, 0.4) is 0 Å². The standard InChI is InChI=1S/C36H64O4.C36H68O4.C36H72O4/c1-3-5-14-20-30-25-27-35-33(23-17-11-7-8-13-19-29-40-39)31(21-16-10-9-12-18-24-36(37)38)26-28-34(35)32(30)22-15-6-4-2;1-3-5-7-14-21-27-35-33(25-19-6-4-2)29-30-34(26-20-15-10-8-12-17-23-31-39-37)36(35)28-22-16-11-9-13-18-24-32-40-38;1-3-5-7-9-11-17-23-29-35(31-25-19-13-15-21-27-33-39-37)36(30-24-18-12-10-8-6-4-2)32-26-20-14-16-22-28-34-40-38/h25-28,30-35,39H,3-24,29H2,1-2H3,(H,37,38);21,27,29-30,33-38H,3-20,22-26,28,31-32H2,1-2H3;29,36-38H,3-28,30-34H2,1-2H3/b;;35-29+. The van der Waals surface area contributed by atoms with E-state index in [1.165, 1.54) is 405 Å². The fourth-order valence-corrected chi connectivity index (χ4v) is 20.4. The van der Waals surface area contributed by atoms with Crippen molar-refractivity contribution in [2.45, 2.75) is 523 Å². The summed E-state index contributed by atoms with van der Waals surface area (Å²) in [5.74, 6) is 7.61. The number of rotatable bonds is 88. The predicted octanol–water partition coefficient (Wildman–Crippen LogP) is 35.8. The van der Waals surface area contributed by atoms with Gasteiger partial charge >= 0.3 is 5.97 Å². The van der Waals surface area contributed by atoms with Crippen molar-refractivity contribution in [1.82, 2.24) is 0 Å². The van der Waals surface area contributed by atoms with Crippen LogP contribution in [0.25, 0.3) is 0 Å². The molecule has 3 aliphatic rings. The van der Waals surface area contributed by atoms with Crippen LogP contribution < -0.4 is 0 Å². The van der Waals surface area contributed by atoms with Gasteiger partial charge < -0.3 is 5.11 Å². The number of aliphatic carboxylic acids is 1. The fourth-order valence-electron chi connectivity index (χ4n) is 20.4. The molecule has 0 aliphatic heterocycles. The van der Waals surface area contributed by atoms with E-state index in [-0.39, 0.29) is 0 Å². The molecule has 708 valence electrons. The minimum absolute atomic E-state index is 0.316. The van der Waals surface area contributed by atoms with E-state index in [1.807, 2.05) is 0 Å². The number of unbranched alkanes of at least 4 members (excludes halogenated alkanes) is 52. The molecule has 0 bridgehead atoms. The second-order valence-corrected chi connectivity index (χ2v) is 38.0. The third-order valence-electron chi connectivity index (χ3n) is 27.7. The van der Waals surface area contributed by atoms with Crippen molar-refractivity contribution >= 4 is 5.97 Å². The Balaban J connectivity index is 0.000000900. The van der Waals surface area contributed by atoms with Crippen LogP contribution in [0.15, 0.2) is 60.3 Å². The Bertz CT molecular complexity index is 2230. The second kappa shape index (κ2) is 91.5. The molecule has 3 aliphatic carbocycles. The summed E-state index contributed by atoms with van der Waals surface area (Å²) >= 11 is 0. The number of carbonyl (C=O) groups is 1. The van der Waals surface area contributed by atoms with Crippen LogP contribution in [-0.4, -0.2) is 70.4 Å². The molecule has 0 heterocycles. The number of hydrogen-bond donors (Lipinski definition) is 6. The van der Waals surface area contributed by atoms with Gasteiger partial charge in [-0.3, -0.25) is 31.1 Å². The van der Waals surface area contributed by atoms with Crippen LogP contribution in [0.4, 0.5) is 0 Å². The highest BCUT2D eigenvalue weighted by Gasteiger charge is 2.42. The van der Waals surface area contributed by atoms with Gasteiger partial charge in [-0.05, 0) is 200 Å². The maximum Gasteiger partial charge on any atom is 0.303 e. The molecule has 0 spiro atoms. The minimum atomic E-state index is -0.662. The van der Waals surface area contributed by atoms with Crippen LogP contribution >= 0.6 is 0 Å². The van der Waals surface area contributed by atoms with E-state index in [9.17, 15) is 4.79 Å². The summed E-state index contributed by atoms with van der Waals surface area (Å²) in [6.45, 7) is 16.2. The summed E-state index contributed by atoms with van der Waals surface area (Å²) in [6.07, 6.45) is 120. The molecule has 0 saturated carbocycles. The molecule has 0 aromatic heterocycles. The van der Waals surface area contributed by atoms with E-state index >= 15 is 0 Å². The zero-order chi connectivity index (χ0) is 87.0. The van der Waals surface area contributed by atoms with Gasteiger partial charge in [-0.15, -0.1) is 0 Å². The van der Waals surface area contributed by atoms with Gasteiger partial charge in [-0.1, -0.05) is 442 Å². The van der Waals surface area contributed by atoms with Gasteiger partial charge in [0.1, 0.15) is 0 Å². The van der Waals surface area contributed by atoms with Crippen LogP contribution in [-0.2, 0) is 29.2 Å². The van der Waals surface area contributed by atoms with Gasteiger partial charge in [0.15, 0.2) is 0 Å². The molecule has 0 aromatic rings. The van der Waals surface area contributed by atoms with Crippen molar-refractivity contribution in [2.24, 2.45) is 65.1 Å². The Kier molecular flexibility index (Phi) is 88.3. The normalized spacial score (nSPS) is 19.9. The van der Waals surface area contributed by atoms with E-state index in [1.54, 1.807) is 5.57 Å². The zero-order valence-electron chi connectivity index (χ0n) is 80.2. The van der Waals surface area contributed by atoms with Gasteiger partial charge in [0.2, 0.25) is 0 Å². The molecule has 0 amide bonds. The first-order chi connectivity index (χ1) is 59.2. The van der Waals surface area contributed by atoms with E-state index in [4.69, 9.17) is 31.4 Å². The topological polar surface area (TPSA) is 185 Å². The molecular weight excluding hydrogens is 1490 g/mol. The third-order valence-corrected chi connectivity index (χ3v) is 27.7. The van der Waals surface area contributed by atoms with Crippen molar-refractivity contribution in [2.75, 3.05) is 33.0 Å². The molecule has 12 nitrogen and oxygen atoms in total. The molecular formula is C108H204O12. The van der Waals surface area contributed by atoms with Gasteiger partial charge in [-0.2, -0.15) is 0 Å². The molecule has 6 N–H and O–H groups in total. The van der Waals surface area contributed by atoms with E-state index in [0.717, 1.165) is 124 Å². The van der Waals surface area contributed by atoms with Gasteiger partial charge in [-0.25, -0.2) is 24.4 Å². The number of fused-ring (bicyclic) bond motifs is 1. The Hall–Kier alpha value is -2.23. The van der Waals surface area contributed by atoms with Crippen LogP contribution in [0.5, 0.6) is 0 Å². The quantitative estimate of drug-likeness (QED) is 0.0147. The highest BCUT2D eigenvalue weighted by atomic mass is 17.1. The SMILES string of the molecule is CCCCCC1C=CC2C(C=CC(CCCCCCCC(=O)O)C2CCCCCCCCOO)C1CCCCC.CCCCCC=CC1C(CCCCC)C=CC(CCCCCCCCCOO)C1CCCCCCCCCOO.CCCCCCCC/C=C(\CCCCCCCCOO)C(CCCCCCCCC)CCCCCCCCOO. The van der Waals surface area contributed by atoms with Gasteiger partial charge in [0.05, 0.1) is 33.0 Å². The average Bonchev–Trinajstić information content (AvgIpc) is 0.782. The van der Waals surface area contributed by atoms with Crippen molar-refractivity contribution < 1.29 is 60.6 Å². The minimum Gasteiger partial charge on any atom is -0.481 e. The predicted molar refractivity (Wildman–Crippen MR) is 514 cm³/mol. The van der Waals surface area contributed by atoms with Gasteiger partial charge in [0.25, 0.3) is 0 Å². The summed E-state index contributed by atoms with van der Waals surface area (Å²) < 4.78 is 0. The Morgan fingerprint density at radius 1 is 0.275 bits per heavy atom. The molecule has 11 unspecified atom stereocenters. The van der Waals surface area contributed by atoms with E-state index < -0.39 is 5.97 Å². The molecule has 3 rings (SSSR count). The molecule has 12 heteroatoms. The van der Waals surface area contributed by atoms with Crippen molar-refractivity contribution in [3.8, 4) is 0 Å². The highest BCUT2D eigenvalue weighted by molar-refractivity contribution is 5.66. The van der Waals surface area contributed by atoms with Crippen LogP contribution in [0, 0.1) is 65.1 Å². The maximum absolute atomic E-state index is 10.8. The van der Waals surface area contributed by atoms with Crippen molar-refractivity contribution in [3.05, 3.63) is 60.3 Å². The molecule has 120 heavy (non-hydrogen) atoms. The Morgan fingerprint density at radius 2 is 0.533 bits per heavy atom. The Labute approximate surface area is 743 Å². The maximum atomic E-state index is 10.8. The zero-order valence-corrected chi connectivity index (χ0v) is 80.2. The summed E-state index contributed by atoms with van der Waals surface area (Å²) in [4.78, 5) is 31.8. The lowest BCUT2D eigenvalue weighted by atomic mass is 9.58. The first-order valence-corrected chi connectivity index (χ1v) is 53.1. The van der Waals surface area contributed by atoms with E-state index in [2.05, 4.69) is 121 Å². The van der Waals surface area contributed by atoms with Crippen LogP contribution in [0.2, 0.25) is 0 Å². The lowest BCUT2D eigenvalue weighted by Crippen LogP contribution is -2.39.